The van der Waals surface area contributed by atoms with Crippen LogP contribution in [0.1, 0.15) is 0 Å². The quantitative estimate of drug-likeness (QED) is 0.394. The van der Waals surface area contributed by atoms with Crippen LogP contribution in [-0.4, -0.2) is 24.5 Å². The Morgan fingerprint density at radius 3 is 2.76 bits per heavy atom. The topological polar surface area (TPSA) is 104 Å². The van der Waals surface area contributed by atoms with Gasteiger partial charge in [-0.25, -0.2) is 10.8 Å². The van der Waals surface area contributed by atoms with Crippen LogP contribution in [0.5, 0.6) is 11.8 Å². The molecule has 0 amide bonds. The monoisotopic (exact) mass is 395 g/mol. The lowest BCUT2D eigenvalue weighted by atomic mass is 10.3. The van der Waals surface area contributed by atoms with Crippen LogP contribution >= 0.6 is 22.6 Å². The molecule has 0 radical (unpaired) electrons. The van der Waals surface area contributed by atoms with Crippen molar-refractivity contribution in [2.45, 2.75) is 0 Å². The number of rotatable bonds is 4. The number of hydrogen-bond donors (Lipinski definition) is 2. The molecule has 0 aliphatic heterocycles. The summed E-state index contributed by atoms with van der Waals surface area (Å²) >= 11 is 2.17. The normalized spacial score (nSPS) is 10.4. The average molecular weight is 395 g/mol. The molecule has 9 heteroatoms. The molecular formula is C12H10IN7O. The Bertz CT molecular complexity index is 747. The van der Waals surface area contributed by atoms with Gasteiger partial charge in [-0.15, -0.1) is 0 Å². The van der Waals surface area contributed by atoms with E-state index in [2.05, 4.69) is 48.0 Å². The van der Waals surface area contributed by atoms with Crippen LogP contribution in [0.15, 0.2) is 43.0 Å². The predicted molar refractivity (Wildman–Crippen MR) is 84.0 cm³/mol. The van der Waals surface area contributed by atoms with Crippen LogP contribution in [0.3, 0.4) is 0 Å². The van der Waals surface area contributed by atoms with E-state index >= 15 is 0 Å². The highest BCUT2D eigenvalue weighted by Crippen LogP contribution is 2.24. The number of imidazole rings is 1. The zero-order valence-corrected chi connectivity index (χ0v) is 12.8. The highest BCUT2D eigenvalue weighted by atomic mass is 127. The van der Waals surface area contributed by atoms with E-state index in [9.17, 15) is 0 Å². The van der Waals surface area contributed by atoms with Gasteiger partial charge in [0.25, 0.3) is 0 Å². The molecule has 0 unspecified atom stereocenters. The van der Waals surface area contributed by atoms with Gasteiger partial charge in [0.05, 0.1) is 3.57 Å². The minimum Gasteiger partial charge on any atom is -0.423 e. The Balaban J connectivity index is 1.99. The van der Waals surface area contributed by atoms with E-state index in [4.69, 9.17) is 10.6 Å². The van der Waals surface area contributed by atoms with Gasteiger partial charge in [0, 0.05) is 12.4 Å². The molecule has 0 fully saturated rings. The number of nitrogens with two attached hydrogens (primary N) is 1. The lowest BCUT2D eigenvalue weighted by Crippen LogP contribution is -2.13. The molecule has 0 atom stereocenters. The predicted octanol–water partition coefficient (Wildman–Crippen LogP) is 1.74. The second-order valence-corrected chi connectivity index (χ2v) is 5.05. The molecule has 0 bridgehead atoms. The first kappa shape index (κ1) is 13.7. The van der Waals surface area contributed by atoms with Gasteiger partial charge in [-0.05, 0) is 34.7 Å². The summed E-state index contributed by atoms with van der Waals surface area (Å²) in [5, 5.41) is 0. The smallest absolute Gasteiger partial charge is 0.328 e. The van der Waals surface area contributed by atoms with Crippen LogP contribution in [0.25, 0.3) is 5.95 Å². The molecule has 0 saturated carbocycles. The molecule has 3 N–H and O–H groups in total. The third kappa shape index (κ3) is 3.08. The molecule has 0 aliphatic carbocycles. The summed E-state index contributed by atoms with van der Waals surface area (Å²) in [6.07, 6.45) is 4.91. The number of hydrazine groups is 1. The number of benzene rings is 1. The van der Waals surface area contributed by atoms with Crippen molar-refractivity contribution in [3.05, 3.63) is 46.6 Å². The SMILES string of the molecule is NNc1nc(Oc2ccccc2I)nc(-n2ccnc2)n1. The van der Waals surface area contributed by atoms with Gasteiger partial charge in [0.15, 0.2) is 0 Å². The molecule has 106 valence electrons. The number of anilines is 1. The zero-order chi connectivity index (χ0) is 14.7. The van der Waals surface area contributed by atoms with Gasteiger partial charge in [-0.3, -0.25) is 9.99 Å². The number of ether oxygens (including phenoxy) is 1. The Morgan fingerprint density at radius 1 is 1.19 bits per heavy atom. The Kier molecular flexibility index (Phi) is 3.92. The third-order valence-corrected chi connectivity index (χ3v) is 3.40. The highest BCUT2D eigenvalue weighted by molar-refractivity contribution is 14.1. The van der Waals surface area contributed by atoms with Crippen molar-refractivity contribution in [1.29, 1.82) is 0 Å². The van der Waals surface area contributed by atoms with E-state index in [1.807, 2.05) is 24.3 Å². The van der Waals surface area contributed by atoms with E-state index in [1.165, 1.54) is 0 Å². The van der Waals surface area contributed by atoms with Crippen LogP contribution in [0.2, 0.25) is 0 Å². The Labute approximate surface area is 133 Å². The lowest BCUT2D eigenvalue weighted by molar-refractivity contribution is 0.436. The van der Waals surface area contributed by atoms with E-state index in [1.54, 1.807) is 23.3 Å². The maximum absolute atomic E-state index is 5.69. The Hall–Kier alpha value is -2.27. The molecule has 2 heterocycles. The van der Waals surface area contributed by atoms with Crippen LogP contribution in [0, 0.1) is 3.57 Å². The number of halogens is 1. The maximum atomic E-state index is 5.69. The minimum atomic E-state index is 0.144. The van der Waals surface area contributed by atoms with Crippen molar-refractivity contribution >= 4 is 28.5 Å². The summed E-state index contributed by atoms with van der Waals surface area (Å²) in [5.74, 6) is 6.60. The zero-order valence-electron chi connectivity index (χ0n) is 10.6. The van der Waals surface area contributed by atoms with Gasteiger partial charge in [-0.2, -0.15) is 15.0 Å². The molecule has 2 aromatic heterocycles. The van der Waals surface area contributed by atoms with Crippen molar-refractivity contribution in [2.75, 3.05) is 5.43 Å². The van der Waals surface area contributed by atoms with Gasteiger partial charge in [0.2, 0.25) is 11.9 Å². The standard InChI is InChI=1S/C12H10IN7O/c13-8-3-1-2-4-9(8)21-12-17-10(19-14)16-11(18-12)20-6-5-15-7-20/h1-7H,14H2,(H,16,17,18,19). The average Bonchev–Trinajstić information content (AvgIpc) is 3.04. The number of hydrogen-bond acceptors (Lipinski definition) is 7. The molecular weight excluding hydrogens is 385 g/mol. The van der Waals surface area contributed by atoms with Gasteiger partial charge < -0.3 is 4.74 Å². The van der Waals surface area contributed by atoms with Crippen LogP contribution in [-0.2, 0) is 0 Å². The van der Waals surface area contributed by atoms with Crippen molar-refractivity contribution in [3.8, 4) is 17.7 Å². The summed E-state index contributed by atoms with van der Waals surface area (Å²) in [6.45, 7) is 0. The number of nitrogen functional groups attached to an aromatic ring is 1. The summed E-state index contributed by atoms with van der Waals surface area (Å²) < 4.78 is 8.27. The van der Waals surface area contributed by atoms with Crippen molar-refractivity contribution in [1.82, 2.24) is 24.5 Å². The lowest BCUT2D eigenvalue weighted by Gasteiger charge is -2.08. The molecule has 8 nitrogen and oxygen atoms in total. The van der Waals surface area contributed by atoms with Crippen molar-refractivity contribution in [2.24, 2.45) is 5.84 Å². The molecule has 3 rings (SSSR count). The fourth-order valence-corrected chi connectivity index (χ4v) is 2.07. The highest BCUT2D eigenvalue weighted by Gasteiger charge is 2.10. The van der Waals surface area contributed by atoms with Gasteiger partial charge in [0.1, 0.15) is 12.1 Å². The van der Waals surface area contributed by atoms with E-state index in [0.29, 0.717) is 11.7 Å². The molecule has 21 heavy (non-hydrogen) atoms. The largest absolute Gasteiger partial charge is 0.423 e. The summed E-state index contributed by atoms with van der Waals surface area (Å²) in [4.78, 5) is 16.4. The molecule has 3 aromatic rings. The fraction of sp³-hybridized carbons (Fsp3) is 0. The molecule has 0 spiro atoms. The maximum Gasteiger partial charge on any atom is 0.328 e. The van der Waals surface area contributed by atoms with E-state index in [-0.39, 0.29) is 12.0 Å². The molecule has 0 saturated heterocycles. The number of nitrogens with one attached hydrogen (secondary N) is 1. The summed E-state index contributed by atoms with van der Waals surface area (Å²) in [5.41, 5.74) is 2.39. The van der Waals surface area contributed by atoms with Gasteiger partial charge in [-0.1, -0.05) is 12.1 Å². The first-order chi connectivity index (χ1) is 10.3. The van der Waals surface area contributed by atoms with Crippen LogP contribution in [0.4, 0.5) is 5.95 Å². The summed E-state index contributed by atoms with van der Waals surface area (Å²) in [6, 6.07) is 7.70. The van der Waals surface area contributed by atoms with E-state index in [0.717, 1.165) is 3.57 Å². The van der Waals surface area contributed by atoms with Crippen molar-refractivity contribution in [3.63, 3.8) is 0 Å². The van der Waals surface area contributed by atoms with E-state index < -0.39 is 0 Å². The Morgan fingerprint density at radius 2 is 2.05 bits per heavy atom. The summed E-state index contributed by atoms with van der Waals surface area (Å²) in [7, 11) is 0. The number of aromatic nitrogens is 5. The third-order valence-electron chi connectivity index (χ3n) is 2.51. The number of para-hydroxylation sites is 1. The minimum absolute atomic E-state index is 0.144. The number of nitrogens with zero attached hydrogens (tertiary/aromatic N) is 5. The van der Waals surface area contributed by atoms with Crippen LogP contribution < -0.4 is 16.0 Å². The second kappa shape index (κ2) is 6.01. The molecule has 1 aromatic carbocycles. The first-order valence-corrected chi connectivity index (χ1v) is 6.97. The molecule has 0 aliphatic rings. The fourth-order valence-electron chi connectivity index (χ4n) is 1.57. The van der Waals surface area contributed by atoms with Gasteiger partial charge >= 0.3 is 6.01 Å². The van der Waals surface area contributed by atoms with Crippen molar-refractivity contribution < 1.29 is 4.74 Å². The second-order valence-electron chi connectivity index (χ2n) is 3.89. The first-order valence-electron chi connectivity index (χ1n) is 5.89.